The molecule has 1 amide bonds. The monoisotopic (exact) mass is 245 g/mol. The second-order valence-electron chi connectivity index (χ2n) is 4.31. The highest BCUT2D eigenvalue weighted by molar-refractivity contribution is 5.77. The largest absolute Gasteiger partial charge is 0.395 e. The number of carbonyl (C=O) groups is 1. The van der Waals surface area contributed by atoms with Crippen molar-refractivity contribution in [3.05, 3.63) is 0 Å². The lowest BCUT2D eigenvalue weighted by atomic mass is 10.3. The molecular formula is C12H27N3O2. The van der Waals surface area contributed by atoms with Gasteiger partial charge in [0, 0.05) is 20.1 Å². The van der Waals surface area contributed by atoms with Gasteiger partial charge in [-0.25, -0.2) is 0 Å². The fourth-order valence-electron chi connectivity index (χ4n) is 1.56. The van der Waals surface area contributed by atoms with Crippen LogP contribution in [0.15, 0.2) is 0 Å². The Balaban J connectivity index is 4.00. The predicted octanol–water partition coefficient (Wildman–Crippen LogP) is -0.112. The first-order valence-electron chi connectivity index (χ1n) is 6.42. The van der Waals surface area contributed by atoms with Gasteiger partial charge in [0.05, 0.1) is 13.2 Å². The van der Waals surface area contributed by atoms with Gasteiger partial charge in [-0.2, -0.15) is 0 Å². The van der Waals surface area contributed by atoms with E-state index in [-0.39, 0.29) is 12.5 Å². The molecule has 0 bridgehead atoms. The molecule has 0 saturated heterocycles. The molecule has 0 saturated carbocycles. The zero-order valence-electron chi connectivity index (χ0n) is 11.2. The van der Waals surface area contributed by atoms with E-state index in [1.165, 1.54) is 0 Å². The molecule has 3 N–H and O–H groups in total. The number of hydrogen-bond acceptors (Lipinski definition) is 4. The second kappa shape index (κ2) is 10.5. The molecule has 0 fully saturated rings. The molecule has 17 heavy (non-hydrogen) atoms. The number of aliphatic hydroxyl groups excluding tert-OH is 1. The molecule has 0 rings (SSSR count). The van der Waals surface area contributed by atoms with Crippen molar-refractivity contribution < 1.29 is 9.90 Å². The van der Waals surface area contributed by atoms with Crippen molar-refractivity contribution in [2.45, 2.75) is 26.2 Å². The first-order valence-corrected chi connectivity index (χ1v) is 6.42. The highest BCUT2D eigenvalue weighted by Crippen LogP contribution is 1.97. The average Bonchev–Trinajstić information content (AvgIpc) is 2.33. The minimum atomic E-state index is 0.100. The van der Waals surface area contributed by atoms with E-state index in [4.69, 9.17) is 10.8 Å². The van der Waals surface area contributed by atoms with Crippen molar-refractivity contribution in [1.29, 1.82) is 0 Å². The number of likely N-dealkylation sites (N-methyl/N-ethyl adjacent to an activating group) is 1. The van der Waals surface area contributed by atoms with Gasteiger partial charge >= 0.3 is 0 Å². The third-order valence-corrected chi connectivity index (χ3v) is 2.73. The summed E-state index contributed by atoms with van der Waals surface area (Å²) in [5.41, 5.74) is 5.41. The molecule has 102 valence electrons. The van der Waals surface area contributed by atoms with Crippen LogP contribution in [0, 0.1) is 0 Å². The van der Waals surface area contributed by atoms with Crippen molar-refractivity contribution >= 4 is 5.91 Å². The van der Waals surface area contributed by atoms with Crippen LogP contribution in [0.2, 0.25) is 0 Å². The number of unbranched alkanes of at least 4 members (excludes halogenated alkanes) is 1. The summed E-state index contributed by atoms with van der Waals surface area (Å²) in [6, 6.07) is 0. The van der Waals surface area contributed by atoms with Crippen molar-refractivity contribution in [1.82, 2.24) is 9.80 Å². The third kappa shape index (κ3) is 8.12. The smallest absolute Gasteiger partial charge is 0.236 e. The van der Waals surface area contributed by atoms with E-state index in [1.54, 1.807) is 11.9 Å². The van der Waals surface area contributed by atoms with E-state index in [2.05, 4.69) is 6.92 Å². The second-order valence-corrected chi connectivity index (χ2v) is 4.31. The SMILES string of the molecule is CCCCN(CCO)CC(=O)N(C)CCCN. The van der Waals surface area contributed by atoms with E-state index in [9.17, 15) is 4.79 Å². The van der Waals surface area contributed by atoms with Gasteiger partial charge in [-0.1, -0.05) is 13.3 Å². The Bertz CT molecular complexity index is 200. The molecule has 0 atom stereocenters. The quantitative estimate of drug-likeness (QED) is 0.563. The Morgan fingerprint density at radius 1 is 1.24 bits per heavy atom. The molecule has 0 spiro atoms. The molecule has 0 aliphatic rings. The summed E-state index contributed by atoms with van der Waals surface area (Å²) < 4.78 is 0. The first kappa shape index (κ1) is 16.4. The lowest BCUT2D eigenvalue weighted by molar-refractivity contribution is -0.131. The van der Waals surface area contributed by atoms with Crippen molar-refractivity contribution in [2.75, 3.05) is 46.4 Å². The lowest BCUT2D eigenvalue weighted by Crippen LogP contribution is -2.40. The summed E-state index contributed by atoms with van der Waals surface area (Å²) in [6.07, 6.45) is 2.98. The molecule has 0 unspecified atom stereocenters. The van der Waals surface area contributed by atoms with Gasteiger partial charge in [0.25, 0.3) is 0 Å². The Kier molecular flexibility index (Phi) is 10.1. The van der Waals surface area contributed by atoms with Gasteiger partial charge in [-0.3, -0.25) is 9.69 Å². The van der Waals surface area contributed by atoms with Crippen LogP contribution in [-0.2, 0) is 4.79 Å². The minimum Gasteiger partial charge on any atom is -0.395 e. The van der Waals surface area contributed by atoms with Gasteiger partial charge in [0.15, 0.2) is 0 Å². The molecule has 5 heteroatoms. The van der Waals surface area contributed by atoms with Gasteiger partial charge in [0.2, 0.25) is 5.91 Å². The molecule has 0 radical (unpaired) electrons. The molecular weight excluding hydrogens is 218 g/mol. The molecule has 0 aliphatic carbocycles. The Morgan fingerprint density at radius 3 is 2.47 bits per heavy atom. The predicted molar refractivity (Wildman–Crippen MR) is 69.7 cm³/mol. The number of carbonyl (C=O) groups excluding carboxylic acids is 1. The van der Waals surface area contributed by atoms with E-state index < -0.39 is 0 Å². The van der Waals surface area contributed by atoms with E-state index in [0.717, 1.165) is 25.8 Å². The highest BCUT2D eigenvalue weighted by atomic mass is 16.3. The number of nitrogens with two attached hydrogens (primary N) is 1. The molecule has 0 aliphatic heterocycles. The van der Waals surface area contributed by atoms with Gasteiger partial charge < -0.3 is 15.7 Å². The summed E-state index contributed by atoms with van der Waals surface area (Å²) in [5, 5.41) is 8.95. The molecule has 0 aromatic carbocycles. The number of amides is 1. The normalized spacial score (nSPS) is 10.9. The summed E-state index contributed by atoms with van der Waals surface area (Å²) in [7, 11) is 1.80. The number of nitrogens with zero attached hydrogens (tertiary/aromatic N) is 2. The van der Waals surface area contributed by atoms with Crippen LogP contribution in [0.4, 0.5) is 0 Å². The fourth-order valence-corrected chi connectivity index (χ4v) is 1.56. The van der Waals surface area contributed by atoms with E-state index >= 15 is 0 Å². The lowest BCUT2D eigenvalue weighted by Gasteiger charge is -2.24. The maximum absolute atomic E-state index is 11.9. The third-order valence-electron chi connectivity index (χ3n) is 2.73. The summed E-state index contributed by atoms with van der Waals surface area (Å²) >= 11 is 0. The Labute approximate surface area is 105 Å². The number of hydrogen-bond donors (Lipinski definition) is 2. The van der Waals surface area contributed by atoms with Gasteiger partial charge in [-0.05, 0) is 25.9 Å². The number of aliphatic hydroxyl groups is 1. The summed E-state index contributed by atoms with van der Waals surface area (Å²) in [6.45, 7) is 5.35. The zero-order valence-corrected chi connectivity index (χ0v) is 11.2. The van der Waals surface area contributed by atoms with E-state index in [1.807, 2.05) is 4.90 Å². The molecule has 0 aromatic rings. The van der Waals surface area contributed by atoms with E-state index in [0.29, 0.717) is 26.2 Å². The minimum absolute atomic E-state index is 0.100. The molecule has 5 nitrogen and oxygen atoms in total. The van der Waals surface area contributed by atoms with Crippen molar-refractivity contribution in [2.24, 2.45) is 5.73 Å². The van der Waals surface area contributed by atoms with Crippen molar-refractivity contribution in [3.8, 4) is 0 Å². The topological polar surface area (TPSA) is 69.8 Å². The Hall–Kier alpha value is -0.650. The first-order chi connectivity index (χ1) is 8.15. The van der Waals surface area contributed by atoms with Gasteiger partial charge in [0.1, 0.15) is 0 Å². The maximum atomic E-state index is 11.9. The van der Waals surface area contributed by atoms with Crippen molar-refractivity contribution in [3.63, 3.8) is 0 Å². The van der Waals surface area contributed by atoms with Crippen LogP contribution >= 0.6 is 0 Å². The Morgan fingerprint density at radius 2 is 1.94 bits per heavy atom. The summed E-state index contributed by atoms with van der Waals surface area (Å²) in [4.78, 5) is 15.6. The maximum Gasteiger partial charge on any atom is 0.236 e. The summed E-state index contributed by atoms with van der Waals surface area (Å²) in [5.74, 6) is 0.100. The van der Waals surface area contributed by atoms with Crippen LogP contribution in [0.25, 0.3) is 0 Å². The molecule has 0 aromatic heterocycles. The number of rotatable bonds is 10. The van der Waals surface area contributed by atoms with Crippen LogP contribution in [0.1, 0.15) is 26.2 Å². The zero-order chi connectivity index (χ0) is 13.1. The van der Waals surface area contributed by atoms with Crippen LogP contribution in [-0.4, -0.2) is 67.2 Å². The van der Waals surface area contributed by atoms with Gasteiger partial charge in [-0.15, -0.1) is 0 Å². The molecule has 0 heterocycles. The average molecular weight is 245 g/mol. The highest BCUT2D eigenvalue weighted by Gasteiger charge is 2.13. The fraction of sp³-hybridized carbons (Fsp3) is 0.917. The van der Waals surface area contributed by atoms with Crippen LogP contribution < -0.4 is 5.73 Å². The standard InChI is InChI=1S/C12H27N3O2/c1-3-4-8-15(9-10-16)11-12(17)14(2)7-5-6-13/h16H,3-11,13H2,1-2H3. The van der Waals surface area contributed by atoms with Crippen LogP contribution in [0.5, 0.6) is 0 Å². The van der Waals surface area contributed by atoms with Crippen LogP contribution in [0.3, 0.4) is 0 Å².